The summed E-state index contributed by atoms with van der Waals surface area (Å²) in [6.45, 7) is 3.17. The lowest BCUT2D eigenvalue weighted by Crippen LogP contribution is -2.62. The summed E-state index contributed by atoms with van der Waals surface area (Å²) in [5, 5.41) is 25.1. The van der Waals surface area contributed by atoms with Crippen molar-refractivity contribution >= 4 is 23.7 Å². The molecule has 3 aromatic rings. The van der Waals surface area contributed by atoms with E-state index in [-0.39, 0.29) is 42.2 Å². The van der Waals surface area contributed by atoms with Crippen LogP contribution in [-0.4, -0.2) is 56.7 Å². The summed E-state index contributed by atoms with van der Waals surface area (Å²) in [7, 11) is 1.83. The molecule has 1 heterocycles. The van der Waals surface area contributed by atoms with Gasteiger partial charge in [-0.3, -0.25) is 9.59 Å². The summed E-state index contributed by atoms with van der Waals surface area (Å²) in [5.74, 6) is -0.0383. The van der Waals surface area contributed by atoms with Crippen molar-refractivity contribution < 1.29 is 29.0 Å². The van der Waals surface area contributed by atoms with Crippen LogP contribution in [0, 0.1) is 11.7 Å². The summed E-state index contributed by atoms with van der Waals surface area (Å²) < 4.78 is 15.7. The lowest BCUT2D eigenvalue weighted by Gasteiger charge is -2.51. The molecule has 9 nitrogen and oxygen atoms in total. The summed E-state index contributed by atoms with van der Waals surface area (Å²) in [6.07, 6.45) is 4.31. The number of pyridine rings is 1. The van der Waals surface area contributed by atoms with E-state index in [4.69, 9.17) is 0 Å². The Labute approximate surface area is 256 Å². The molecule has 0 atom stereocenters. The van der Waals surface area contributed by atoms with Crippen molar-refractivity contribution in [1.29, 1.82) is 0 Å². The van der Waals surface area contributed by atoms with Crippen molar-refractivity contribution in [3.05, 3.63) is 72.2 Å². The number of benzene rings is 2. The molecule has 2 aliphatic rings. The standard InChI is InChI=1S/C34H39FN4O5/c1-21(40)39(3)25-12-9-22(10-13-25)15-31(41)37-30-17-26(23-7-5-4-6-8-23)27(18-36-30)24-11-14-28(29(35)16-24)34(38-32(42)43)19-33(2,44)20-34/h4-8,11,14,16-18,22,25,38,44H,9-10,12-13,15,19-20H2,1-3H3,(H,42,43)(H,36,37,41)/t22-,25-,33-,34-. The lowest BCUT2D eigenvalue weighted by atomic mass is 9.62. The van der Waals surface area contributed by atoms with Crippen LogP contribution in [0.2, 0.25) is 0 Å². The van der Waals surface area contributed by atoms with Crippen molar-refractivity contribution in [2.75, 3.05) is 12.4 Å². The molecule has 232 valence electrons. The molecule has 2 aliphatic carbocycles. The molecule has 0 saturated heterocycles. The molecule has 0 spiro atoms. The second kappa shape index (κ2) is 12.4. The molecule has 0 unspecified atom stereocenters. The van der Waals surface area contributed by atoms with Gasteiger partial charge in [-0.2, -0.15) is 0 Å². The summed E-state index contributed by atoms with van der Waals surface area (Å²) in [5.41, 5.74) is 0.666. The first-order valence-corrected chi connectivity index (χ1v) is 15.0. The van der Waals surface area contributed by atoms with Crippen molar-refractivity contribution in [3.8, 4) is 22.3 Å². The number of amides is 3. The van der Waals surface area contributed by atoms with Gasteiger partial charge in [-0.15, -0.1) is 0 Å². The smallest absolute Gasteiger partial charge is 0.405 e. The number of nitrogens with one attached hydrogen (secondary N) is 2. The fourth-order valence-electron chi connectivity index (χ4n) is 6.93. The van der Waals surface area contributed by atoms with Crippen molar-refractivity contribution in [2.45, 2.75) is 76.0 Å². The van der Waals surface area contributed by atoms with E-state index >= 15 is 4.39 Å². The lowest BCUT2D eigenvalue weighted by molar-refractivity contribution is -0.130. The Bertz CT molecular complexity index is 1540. The average molecular weight is 603 g/mol. The van der Waals surface area contributed by atoms with Gasteiger partial charge in [0.1, 0.15) is 11.6 Å². The number of anilines is 1. The van der Waals surface area contributed by atoms with Gasteiger partial charge in [-0.25, -0.2) is 14.2 Å². The zero-order valence-electron chi connectivity index (χ0n) is 25.3. The van der Waals surface area contributed by atoms with Crippen LogP contribution >= 0.6 is 0 Å². The summed E-state index contributed by atoms with van der Waals surface area (Å²) in [6, 6.07) is 16.2. The summed E-state index contributed by atoms with van der Waals surface area (Å²) >= 11 is 0. The van der Waals surface area contributed by atoms with Gasteiger partial charge in [-0.1, -0.05) is 42.5 Å². The molecular formula is C34H39FN4O5. The second-order valence-electron chi connectivity index (χ2n) is 12.6. The van der Waals surface area contributed by atoms with Crippen LogP contribution in [-0.2, 0) is 15.1 Å². The van der Waals surface area contributed by atoms with E-state index < -0.39 is 23.1 Å². The predicted octanol–water partition coefficient (Wildman–Crippen LogP) is 5.93. The van der Waals surface area contributed by atoms with Crippen LogP contribution in [0.15, 0.2) is 60.8 Å². The molecule has 5 rings (SSSR count). The van der Waals surface area contributed by atoms with Gasteiger partial charge in [0, 0.05) is 56.6 Å². The number of halogens is 1. The zero-order valence-corrected chi connectivity index (χ0v) is 25.3. The van der Waals surface area contributed by atoms with E-state index in [1.807, 2.05) is 37.4 Å². The van der Waals surface area contributed by atoms with Gasteiger partial charge in [0.15, 0.2) is 0 Å². The number of hydrogen-bond acceptors (Lipinski definition) is 5. The van der Waals surface area contributed by atoms with E-state index in [1.54, 1.807) is 43.1 Å². The Hall–Kier alpha value is -4.31. The highest BCUT2D eigenvalue weighted by Gasteiger charge is 2.54. The molecule has 2 fully saturated rings. The molecule has 0 bridgehead atoms. The fraction of sp³-hybridized carbons (Fsp3) is 0.412. The molecule has 1 aromatic heterocycles. The van der Waals surface area contributed by atoms with Crippen LogP contribution in [0.3, 0.4) is 0 Å². The topological polar surface area (TPSA) is 132 Å². The quantitative estimate of drug-likeness (QED) is 0.253. The fourth-order valence-corrected chi connectivity index (χ4v) is 6.93. The molecule has 0 aliphatic heterocycles. The van der Waals surface area contributed by atoms with Crippen LogP contribution in [0.4, 0.5) is 15.0 Å². The third kappa shape index (κ3) is 6.75. The predicted molar refractivity (Wildman–Crippen MR) is 165 cm³/mol. The van der Waals surface area contributed by atoms with E-state index in [9.17, 15) is 24.6 Å². The SMILES string of the molecule is CC(=O)N(C)[C@H]1CC[C@H](CC(=O)Nc2cc(-c3ccccc3)c(-c3ccc([C@]4(NC(=O)O)C[C@](C)(O)C4)c(F)c3)cn2)CC1. The first kappa shape index (κ1) is 31.1. The van der Waals surface area contributed by atoms with Crippen molar-refractivity contribution in [2.24, 2.45) is 5.92 Å². The number of nitrogens with zero attached hydrogens (tertiary/aromatic N) is 2. The Kier molecular flexibility index (Phi) is 8.74. The number of aliphatic hydroxyl groups is 1. The molecular weight excluding hydrogens is 563 g/mol. The highest BCUT2D eigenvalue weighted by molar-refractivity contribution is 5.92. The Morgan fingerprint density at radius 1 is 1.00 bits per heavy atom. The minimum atomic E-state index is -1.29. The molecule has 4 N–H and O–H groups in total. The maximum absolute atomic E-state index is 15.7. The molecule has 3 amide bonds. The van der Waals surface area contributed by atoms with Gasteiger partial charge in [0.25, 0.3) is 0 Å². The maximum atomic E-state index is 15.7. The Morgan fingerprint density at radius 3 is 2.27 bits per heavy atom. The Morgan fingerprint density at radius 2 is 1.68 bits per heavy atom. The second-order valence-corrected chi connectivity index (χ2v) is 12.6. The molecule has 2 aromatic carbocycles. The third-order valence-corrected chi connectivity index (χ3v) is 9.10. The van der Waals surface area contributed by atoms with Crippen molar-refractivity contribution in [3.63, 3.8) is 0 Å². The minimum absolute atomic E-state index is 0.0559. The van der Waals surface area contributed by atoms with Gasteiger partial charge in [0.2, 0.25) is 11.8 Å². The number of hydrogen-bond donors (Lipinski definition) is 4. The normalized spacial score (nSPS) is 24.6. The third-order valence-electron chi connectivity index (χ3n) is 9.10. The van der Waals surface area contributed by atoms with Crippen molar-refractivity contribution in [1.82, 2.24) is 15.2 Å². The minimum Gasteiger partial charge on any atom is -0.465 e. The Balaban J connectivity index is 1.36. The van der Waals surface area contributed by atoms with Gasteiger partial charge in [-0.05, 0) is 67.3 Å². The van der Waals surface area contributed by atoms with Crippen LogP contribution in [0.25, 0.3) is 22.3 Å². The van der Waals surface area contributed by atoms with Crippen LogP contribution in [0.5, 0.6) is 0 Å². The van der Waals surface area contributed by atoms with E-state index in [1.165, 1.54) is 6.07 Å². The van der Waals surface area contributed by atoms with E-state index in [0.717, 1.165) is 36.8 Å². The first-order valence-electron chi connectivity index (χ1n) is 15.0. The highest BCUT2D eigenvalue weighted by Crippen LogP contribution is 2.49. The monoisotopic (exact) mass is 602 g/mol. The summed E-state index contributed by atoms with van der Waals surface area (Å²) in [4.78, 5) is 42.5. The van der Waals surface area contributed by atoms with Gasteiger partial charge in [0.05, 0.1) is 11.1 Å². The molecule has 44 heavy (non-hydrogen) atoms. The van der Waals surface area contributed by atoms with Gasteiger partial charge >= 0.3 is 6.09 Å². The largest absolute Gasteiger partial charge is 0.465 e. The number of carbonyl (C=O) groups is 3. The molecule has 0 radical (unpaired) electrons. The molecule has 2 saturated carbocycles. The number of carboxylic acid groups (broad SMARTS) is 1. The van der Waals surface area contributed by atoms with Crippen LogP contribution in [0.1, 0.15) is 64.4 Å². The van der Waals surface area contributed by atoms with E-state index in [0.29, 0.717) is 23.4 Å². The zero-order chi connectivity index (χ0) is 31.6. The first-order chi connectivity index (χ1) is 20.9. The van der Waals surface area contributed by atoms with Crippen LogP contribution < -0.4 is 10.6 Å². The number of rotatable bonds is 8. The highest BCUT2D eigenvalue weighted by atomic mass is 19.1. The maximum Gasteiger partial charge on any atom is 0.405 e. The number of aromatic nitrogens is 1. The molecule has 10 heteroatoms. The number of carbonyl (C=O) groups excluding carboxylic acids is 2. The average Bonchev–Trinajstić information content (AvgIpc) is 2.96. The van der Waals surface area contributed by atoms with Gasteiger partial charge < -0.3 is 25.7 Å². The van der Waals surface area contributed by atoms with E-state index in [2.05, 4.69) is 15.6 Å².